The minimum Gasteiger partial charge on any atom is -0.344 e. The largest absolute Gasteiger partial charge is 0.344 e. The zero-order chi connectivity index (χ0) is 5.70. The Bertz CT molecular complexity index is 34.5. The van der Waals surface area contributed by atoms with Crippen LogP contribution in [0, 0.1) is 0 Å². The van der Waals surface area contributed by atoms with Gasteiger partial charge in [-0.3, -0.25) is 0 Å². The molecule has 1 nitrogen and oxygen atoms in total. The van der Waals surface area contributed by atoms with Crippen molar-refractivity contribution in [1.29, 1.82) is 0 Å². The molecule has 0 bridgehead atoms. The Morgan fingerprint density at radius 3 is 1.25 bits per heavy atom. The van der Waals surface area contributed by atoms with Crippen LogP contribution in [0.1, 0.15) is 22.2 Å². The second kappa shape index (κ2) is 7.49. The van der Waals surface area contributed by atoms with Crippen molar-refractivity contribution >= 4 is 14.1 Å². The van der Waals surface area contributed by atoms with Crippen molar-refractivity contribution in [3.8, 4) is 0 Å². The average molecular weight is 133 g/mol. The molecule has 0 rings (SSSR count). The van der Waals surface area contributed by atoms with E-state index in [2.05, 4.69) is 20.8 Å². The summed E-state index contributed by atoms with van der Waals surface area (Å²) in [5.41, 5.74) is 0. The molecular formula is C6H20AlN. The lowest BCUT2D eigenvalue weighted by Crippen LogP contribution is -2.04. The molecule has 0 aliphatic heterocycles. The van der Waals surface area contributed by atoms with Crippen molar-refractivity contribution in [2.75, 3.05) is 0 Å². The van der Waals surface area contributed by atoms with Gasteiger partial charge in [-0.15, -0.1) is 0 Å². The van der Waals surface area contributed by atoms with E-state index in [0.717, 1.165) is 0 Å². The van der Waals surface area contributed by atoms with Crippen LogP contribution in [-0.2, 0) is 0 Å². The Hall–Kier alpha value is 0.492. The monoisotopic (exact) mass is 133 g/mol. The fraction of sp³-hybridized carbons (Fsp3) is 1.00. The molecule has 0 spiro atoms. The maximum absolute atomic E-state index is 2.32. The summed E-state index contributed by atoms with van der Waals surface area (Å²) in [6, 6.07) is 0. The molecule has 0 aromatic carbocycles. The molecule has 0 atom stereocenters. The first kappa shape index (κ1) is 11.3. The van der Waals surface area contributed by atoms with Gasteiger partial charge in [-0.05, 0) is 0 Å². The Morgan fingerprint density at radius 1 is 1.00 bits per heavy atom. The van der Waals surface area contributed by atoms with Crippen molar-refractivity contribution in [3.05, 3.63) is 0 Å². The van der Waals surface area contributed by atoms with Gasteiger partial charge in [-0.1, -0.05) is 36.6 Å². The normalized spacial score (nSPS) is 7.88. The maximum Gasteiger partial charge on any atom is 0.261 e. The van der Waals surface area contributed by atoms with Gasteiger partial charge in [0.15, 0.2) is 0 Å². The van der Waals surface area contributed by atoms with Crippen molar-refractivity contribution in [2.24, 2.45) is 0 Å². The quantitative estimate of drug-likeness (QED) is 0.590. The molecule has 2 heteroatoms. The molecular weight excluding hydrogens is 113 g/mol. The van der Waals surface area contributed by atoms with E-state index >= 15 is 0 Å². The van der Waals surface area contributed by atoms with Gasteiger partial charge in [0.1, 0.15) is 0 Å². The second-order valence-corrected chi connectivity index (χ2v) is 6.27. The Morgan fingerprint density at radius 2 is 1.25 bits per heavy atom. The molecule has 0 amide bonds. The van der Waals surface area contributed by atoms with Gasteiger partial charge in [0.2, 0.25) is 0 Å². The van der Waals surface area contributed by atoms with Gasteiger partial charge in [0, 0.05) is 1.43 Å². The third-order valence-corrected chi connectivity index (χ3v) is 5.20. The Kier molecular flexibility index (Phi) is 10.6. The molecule has 0 radical (unpaired) electrons. The van der Waals surface area contributed by atoms with Crippen LogP contribution < -0.4 is 6.15 Å². The third-order valence-electron chi connectivity index (χ3n) is 1.73. The van der Waals surface area contributed by atoms with E-state index in [1.54, 1.807) is 0 Å². The van der Waals surface area contributed by atoms with Crippen LogP contribution in [-0.4, -0.2) is 14.1 Å². The first-order chi connectivity index (χ1) is 3.35. The predicted molar refractivity (Wildman–Crippen MR) is 44.3 cm³/mol. The van der Waals surface area contributed by atoms with Gasteiger partial charge in [0.25, 0.3) is 14.1 Å². The van der Waals surface area contributed by atoms with Crippen LogP contribution in [0.5, 0.6) is 0 Å². The molecule has 0 heterocycles. The molecule has 0 fully saturated rings. The van der Waals surface area contributed by atoms with Crippen LogP contribution in [0.3, 0.4) is 0 Å². The van der Waals surface area contributed by atoms with Crippen LogP contribution >= 0.6 is 0 Å². The van der Waals surface area contributed by atoms with Gasteiger partial charge >= 0.3 is 0 Å². The van der Waals surface area contributed by atoms with Crippen molar-refractivity contribution < 1.29 is 1.43 Å². The Balaban J connectivity index is -0.000000180. The highest BCUT2D eigenvalue weighted by atomic mass is 27.2. The standard InChI is InChI=1S/3C2H5.Al.H3N.H2/c3*1-2;;;/h3*1H2,2H3;;1H3;1H. The zero-order valence-electron chi connectivity index (χ0n) is 6.41. The summed E-state index contributed by atoms with van der Waals surface area (Å²) >= 11 is -0.171. The fourth-order valence-corrected chi connectivity index (χ4v) is 2.60. The molecule has 0 aliphatic rings. The first-order valence-corrected chi connectivity index (χ1v) is 5.80. The lowest BCUT2D eigenvalue weighted by atomic mass is 10.9. The number of hydrogen-bond acceptors (Lipinski definition) is 1. The summed E-state index contributed by atoms with van der Waals surface area (Å²) in [5.74, 6) is 0. The Labute approximate surface area is 58.9 Å². The van der Waals surface area contributed by atoms with Crippen molar-refractivity contribution in [2.45, 2.75) is 36.6 Å². The molecule has 0 aromatic rings. The first-order valence-electron chi connectivity index (χ1n) is 3.35. The highest BCUT2D eigenvalue weighted by molar-refractivity contribution is 6.58. The highest BCUT2D eigenvalue weighted by Gasteiger charge is 2.05. The van der Waals surface area contributed by atoms with E-state index in [4.69, 9.17) is 0 Å². The number of rotatable bonds is 3. The summed E-state index contributed by atoms with van der Waals surface area (Å²) in [6.45, 7) is 6.97. The van der Waals surface area contributed by atoms with Crippen molar-refractivity contribution in [1.82, 2.24) is 6.15 Å². The van der Waals surface area contributed by atoms with E-state index in [9.17, 15) is 0 Å². The maximum atomic E-state index is 2.32. The summed E-state index contributed by atoms with van der Waals surface area (Å²) in [7, 11) is 0. The molecule has 0 saturated carbocycles. The molecule has 0 unspecified atom stereocenters. The van der Waals surface area contributed by atoms with Crippen molar-refractivity contribution in [3.63, 3.8) is 0 Å². The number of hydrogen-bond donors (Lipinski definition) is 1. The SMILES string of the molecule is C[CH2][Al]([CH2]C)[CH2]C.N.[HH]. The lowest BCUT2D eigenvalue weighted by Gasteiger charge is -1.97. The molecule has 0 aliphatic carbocycles. The van der Waals surface area contributed by atoms with E-state index in [1.165, 1.54) is 15.8 Å². The lowest BCUT2D eigenvalue weighted by molar-refractivity contribution is 1.24. The average Bonchev–Trinajstić information content (AvgIpc) is 1.72. The van der Waals surface area contributed by atoms with Crippen LogP contribution in [0.2, 0.25) is 15.8 Å². The summed E-state index contributed by atoms with van der Waals surface area (Å²) in [5, 5.41) is 4.48. The zero-order valence-corrected chi connectivity index (χ0v) is 7.56. The minimum atomic E-state index is -0.171. The third kappa shape index (κ3) is 4.65. The van der Waals surface area contributed by atoms with Gasteiger partial charge in [-0.25, -0.2) is 0 Å². The molecule has 52 valence electrons. The van der Waals surface area contributed by atoms with E-state index in [0.29, 0.717) is 0 Å². The predicted octanol–water partition coefficient (Wildman–Crippen LogP) is 2.95. The topological polar surface area (TPSA) is 35.0 Å². The molecule has 0 aromatic heterocycles. The van der Waals surface area contributed by atoms with Crippen LogP contribution in [0.15, 0.2) is 0 Å². The van der Waals surface area contributed by atoms with Crippen LogP contribution in [0.25, 0.3) is 0 Å². The summed E-state index contributed by atoms with van der Waals surface area (Å²) in [6.07, 6.45) is 0. The molecule has 0 saturated heterocycles. The summed E-state index contributed by atoms with van der Waals surface area (Å²) < 4.78 is 0. The van der Waals surface area contributed by atoms with E-state index < -0.39 is 0 Å². The highest BCUT2D eigenvalue weighted by Crippen LogP contribution is 2.01. The smallest absolute Gasteiger partial charge is 0.261 e. The second-order valence-electron chi connectivity index (χ2n) is 2.09. The molecule has 3 N–H and O–H groups in total. The van der Waals surface area contributed by atoms with Gasteiger partial charge < -0.3 is 6.15 Å². The van der Waals surface area contributed by atoms with Gasteiger partial charge in [0.05, 0.1) is 0 Å². The minimum absolute atomic E-state index is 0. The fourth-order valence-electron chi connectivity index (χ4n) is 0.866. The van der Waals surface area contributed by atoms with E-state index in [1.807, 2.05) is 0 Å². The summed E-state index contributed by atoms with van der Waals surface area (Å²) in [4.78, 5) is 0. The van der Waals surface area contributed by atoms with Gasteiger partial charge in [-0.2, -0.15) is 0 Å². The van der Waals surface area contributed by atoms with Crippen LogP contribution in [0.4, 0.5) is 0 Å². The molecule has 8 heavy (non-hydrogen) atoms. The van der Waals surface area contributed by atoms with E-state index in [-0.39, 0.29) is 21.7 Å².